The van der Waals surface area contributed by atoms with E-state index in [9.17, 15) is 28.4 Å². The molecule has 0 aliphatic rings. The van der Waals surface area contributed by atoms with Crippen LogP contribution in [0.1, 0.15) is 24.4 Å². The number of hydrogen-bond acceptors (Lipinski definition) is 4. The van der Waals surface area contributed by atoms with E-state index in [-0.39, 0.29) is 33.9 Å². The zero-order chi connectivity index (χ0) is 14.8. The van der Waals surface area contributed by atoms with Crippen molar-refractivity contribution in [2.24, 2.45) is 5.73 Å². The van der Waals surface area contributed by atoms with E-state index in [0.717, 1.165) is 12.1 Å². The van der Waals surface area contributed by atoms with Gasteiger partial charge in [-0.05, 0) is 22.4 Å². The number of benzene rings is 1. The number of phenols is 1. The highest BCUT2D eigenvalue weighted by atomic mass is 79.9. The number of rotatable bonds is 4. The van der Waals surface area contributed by atoms with Crippen LogP contribution in [0, 0.1) is 10.1 Å². The minimum atomic E-state index is -4.37. The molecule has 1 atom stereocenters. The Hall–Kier alpha value is -1.06. The van der Waals surface area contributed by atoms with Crippen LogP contribution in [0.2, 0.25) is 0 Å². The Bertz CT molecular complexity index is 499. The van der Waals surface area contributed by atoms with Gasteiger partial charge in [0.05, 0.1) is 9.40 Å². The molecule has 10 heteroatoms. The molecule has 0 saturated heterocycles. The van der Waals surface area contributed by atoms with Gasteiger partial charge in [-0.2, -0.15) is 13.2 Å². The molecular weight excluding hydrogens is 368 g/mol. The van der Waals surface area contributed by atoms with Crippen molar-refractivity contribution in [2.45, 2.75) is 25.1 Å². The quantitative estimate of drug-likeness (QED) is 0.614. The minimum Gasteiger partial charge on any atom is -0.506 e. The Morgan fingerprint density at radius 3 is 2.45 bits per heavy atom. The van der Waals surface area contributed by atoms with Gasteiger partial charge in [-0.25, -0.2) is 0 Å². The first-order valence-corrected chi connectivity index (χ1v) is 5.90. The predicted octanol–water partition coefficient (Wildman–Crippen LogP) is 3.83. The Kier molecular flexibility index (Phi) is 6.72. The lowest BCUT2D eigenvalue weighted by Crippen LogP contribution is -2.16. The first-order chi connectivity index (χ1) is 8.61. The van der Waals surface area contributed by atoms with E-state index in [2.05, 4.69) is 15.9 Å². The Labute approximate surface area is 126 Å². The van der Waals surface area contributed by atoms with Gasteiger partial charge in [0.15, 0.2) is 0 Å². The van der Waals surface area contributed by atoms with Gasteiger partial charge in [-0.1, -0.05) is 0 Å². The number of alkyl halides is 3. The van der Waals surface area contributed by atoms with Crippen molar-refractivity contribution in [1.82, 2.24) is 0 Å². The molecule has 3 N–H and O–H groups in total. The molecule has 0 spiro atoms. The third kappa shape index (κ3) is 5.14. The molecule has 0 fully saturated rings. The zero-order valence-electron chi connectivity index (χ0n) is 9.85. The van der Waals surface area contributed by atoms with Crippen molar-refractivity contribution in [2.75, 3.05) is 0 Å². The van der Waals surface area contributed by atoms with Gasteiger partial charge >= 0.3 is 6.18 Å². The minimum absolute atomic E-state index is 0. The maximum absolute atomic E-state index is 12.1. The second-order valence-electron chi connectivity index (χ2n) is 3.88. The van der Waals surface area contributed by atoms with Crippen LogP contribution in [0.3, 0.4) is 0 Å². The SMILES string of the molecule is Cl.N[C@H](CCC(F)(F)F)c1cc([N+](=O)[O-])cc(Br)c1O. The maximum atomic E-state index is 12.1. The molecule has 114 valence electrons. The van der Waals surface area contributed by atoms with Crippen LogP contribution >= 0.6 is 28.3 Å². The van der Waals surface area contributed by atoms with Crippen LogP contribution in [0.5, 0.6) is 5.75 Å². The van der Waals surface area contributed by atoms with Crippen molar-refractivity contribution in [3.8, 4) is 5.75 Å². The summed E-state index contributed by atoms with van der Waals surface area (Å²) in [5, 5.41) is 20.3. The number of nitrogens with zero attached hydrogens (tertiary/aromatic N) is 1. The standard InChI is InChI=1S/C10H10BrF3N2O3.ClH/c11-7-4-5(16(18)19)3-6(9(7)17)8(15)1-2-10(12,13)14;/h3-4,8,17H,1-2,15H2;1H/t8-;/m1./s1. The van der Waals surface area contributed by atoms with Crippen LogP contribution < -0.4 is 5.73 Å². The number of halogens is 5. The summed E-state index contributed by atoms with van der Waals surface area (Å²) < 4.78 is 36.3. The van der Waals surface area contributed by atoms with E-state index in [1.165, 1.54) is 0 Å². The van der Waals surface area contributed by atoms with E-state index in [1.807, 2.05) is 0 Å². The summed E-state index contributed by atoms with van der Waals surface area (Å²) in [6.07, 6.45) is -5.97. The number of non-ortho nitro benzene ring substituents is 1. The normalized spacial score (nSPS) is 12.7. The molecule has 1 rings (SSSR count). The first kappa shape index (κ1) is 18.9. The molecule has 1 aromatic rings. The van der Waals surface area contributed by atoms with E-state index in [4.69, 9.17) is 5.73 Å². The summed E-state index contributed by atoms with van der Waals surface area (Å²) in [6.45, 7) is 0. The van der Waals surface area contributed by atoms with E-state index < -0.39 is 30.0 Å². The molecule has 0 aromatic heterocycles. The molecule has 0 bridgehead atoms. The summed E-state index contributed by atoms with van der Waals surface area (Å²) >= 11 is 2.89. The van der Waals surface area contributed by atoms with Crippen LogP contribution in [0.4, 0.5) is 18.9 Å². The molecule has 0 amide bonds. The lowest BCUT2D eigenvalue weighted by Gasteiger charge is -2.15. The number of nitrogens with two attached hydrogens (primary N) is 1. The van der Waals surface area contributed by atoms with Gasteiger partial charge < -0.3 is 10.8 Å². The predicted molar refractivity (Wildman–Crippen MR) is 71.9 cm³/mol. The van der Waals surface area contributed by atoms with E-state index in [0.29, 0.717) is 0 Å². The lowest BCUT2D eigenvalue weighted by atomic mass is 10.0. The average Bonchev–Trinajstić information content (AvgIpc) is 2.28. The number of aromatic hydroxyl groups is 1. The number of nitro benzene ring substituents is 1. The topological polar surface area (TPSA) is 89.4 Å². The van der Waals surface area contributed by atoms with Gasteiger partial charge in [0.25, 0.3) is 5.69 Å². The second kappa shape index (κ2) is 7.09. The highest BCUT2D eigenvalue weighted by molar-refractivity contribution is 9.10. The van der Waals surface area contributed by atoms with E-state index in [1.54, 1.807) is 0 Å². The molecule has 0 heterocycles. The highest BCUT2D eigenvalue weighted by Crippen LogP contribution is 2.37. The smallest absolute Gasteiger partial charge is 0.389 e. The summed E-state index contributed by atoms with van der Waals surface area (Å²) in [7, 11) is 0. The van der Waals surface area contributed by atoms with Crippen molar-refractivity contribution >= 4 is 34.0 Å². The first-order valence-electron chi connectivity index (χ1n) is 5.11. The van der Waals surface area contributed by atoms with Gasteiger partial charge in [0.1, 0.15) is 5.75 Å². The summed E-state index contributed by atoms with van der Waals surface area (Å²) in [4.78, 5) is 9.92. The molecule has 5 nitrogen and oxygen atoms in total. The van der Waals surface area contributed by atoms with Crippen LogP contribution in [-0.2, 0) is 0 Å². The summed E-state index contributed by atoms with van der Waals surface area (Å²) in [5.74, 6) is -0.389. The number of nitro groups is 1. The highest BCUT2D eigenvalue weighted by Gasteiger charge is 2.29. The lowest BCUT2D eigenvalue weighted by molar-refractivity contribution is -0.385. The van der Waals surface area contributed by atoms with Crippen LogP contribution in [0.15, 0.2) is 16.6 Å². The second-order valence-corrected chi connectivity index (χ2v) is 4.74. The van der Waals surface area contributed by atoms with Crippen LogP contribution in [0.25, 0.3) is 0 Å². The molecule has 0 aliphatic heterocycles. The molecular formula is C10H11BrClF3N2O3. The molecule has 0 unspecified atom stereocenters. The largest absolute Gasteiger partial charge is 0.506 e. The van der Waals surface area contributed by atoms with Gasteiger partial charge in [-0.3, -0.25) is 10.1 Å². The Morgan fingerprint density at radius 2 is 2.00 bits per heavy atom. The Balaban J connectivity index is 0.00000361. The van der Waals surface area contributed by atoms with Gasteiger partial charge in [0.2, 0.25) is 0 Å². The molecule has 0 radical (unpaired) electrons. The fourth-order valence-electron chi connectivity index (χ4n) is 1.47. The number of phenolic OH excluding ortho intramolecular Hbond substituents is 1. The fraction of sp³-hybridized carbons (Fsp3) is 0.400. The van der Waals surface area contributed by atoms with Gasteiger partial charge in [-0.15, -0.1) is 12.4 Å². The van der Waals surface area contributed by atoms with Crippen LogP contribution in [-0.4, -0.2) is 16.2 Å². The molecule has 20 heavy (non-hydrogen) atoms. The third-order valence-corrected chi connectivity index (χ3v) is 3.03. The molecule has 0 saturated carbocycles. The van der Waals surface area contributed by atoms with E-state index >= 15 is 0 Å². The average molecular weight is 380 g/mol. The van der Waals surface area contributed by atoms with Crippen molar-refractivity contribution in [3.63, 3.8) is 0 Å². The Morgan fingerprint density at radius 1 is 1.45 bits per heavy atom. The summed E-state index contributed by atoms with van der Waals surface area (Å²) in [6, 6.07) is 0.883. The summed E-state index contributed by atoms with van der Waals surface area (Å²) in [5.41, 5.74) is 5.09. The fourth-order valence-corrected chi connectivity index (χ4v) is 1.93. The van der Waals surface area contributed by atoms with Crippen molar-refractivity contribution in [3.05, 3.63) is 32.3 Å². The third-order valence-electron chi connectivity index (χ3n) is 2.43. The molecule has 1 aromatic carbocycles. The zero-order valence-corrected chi connectivity index (χ0v) is 12.3. The van der Waals surface area contributed by atoms with Crippen molar-refractivity contribution in [1.29, 1.82) is 0 Å². The maximum Gasteiger partial charge on any atom is 0.389 e. The number of hydrogen-bond donors (Lipinski definition) is 2. The van der Waals surface area contributed by atoms with Crippen molar-refractivity contribution < 1.29 is 23.2 Å². The molecule has 0 aliphatic carbocycles. The monoisotopic (exact) mass is 378 g/mol. The van der Waals surface area contributed by atoms with Gasteiger partial charge in [0, 0.05) is 30.2 Å².